The molecule has 3 rings (SSSR count). The first-order valence-corrected chi connectivity index (χ1v) is 7.65. The van der Waals surface area contributed by atoms with Gasteiger partial charge in [-0.2, -0.15) is 5.10 Å². The Morgan fingerprint density at radius 2 is 1.71 bits per heavy atom. The minimum Gasteiger partial charge on any atom is -0.496 e. The summed E-state index contributed by atoms with van der Waals surface area (Å²) in [4.78, 5) is 12.2. The predicted octanol–water partition coefficient (Wildman–Crippen LogP) is 3.92. The van der Waals surface area contributed by atoms with Crippen molar-refractivity contribution < 1.29 is 9.53 Å². The third kappa shape index (κ3) is 3.13. The highest BCUT2D eigenvalue weighted by molar-refractivity contribution is 6.03. The van der Waals surface area contributed by atoms with E-state index in [9.17, 15) is 4.79 Å². The Bertz CT molecular complexity index is 916. The average molecular weight is 318 g/mol. The summed E-state index contributed by atoms with van der Waals surface area (Å²) in [5, 5.41) is 6.13. The number of hydrogen-bond acceptors (Lipinski definition) is 3. The maximum atomic E-state index is 12.2. The van der Waals surface area contributed by atoms with E-state index in [4.69, 9.17) is 4.74 Å². The summed E-state index contributed by atoms with van der Waals surface area (Å²) in [6.45, 7) is 1.90. The van der Waals surface area contributed by atoms with Crippen LogP contribution in [0.15, 0.2) is 65.8 Å². The fourth-order valence-corrected chi connectivity index (χ4v) is 2.63. The zero-order chi connectivity index (χ0) is 16.9. The van der Waals surface area contributed by atoms with Crippen LogP contribution in [0.3, 0.4) is 0 Å². The second-order valence-corrected chi connectivity index (χ2v) is 5.42. The molecule has 3 aromatic carbocycles. The van der Waals surface area contributed by atoms with Gasteiger partial charge in [0.1, 0.15) is 5.75 Å². The molecule has 4 nitrogen and oxygen atoms in total. The smallest absolute Gasteiger partial charge is 0.271 e. The SMILES string of the molecule is COc1ccc(/C=N/NC(=O)c2ccccc2C)c2ccccc12. The second kappa shape index (κ2) is 6.96. The van der Waals surface area contributed by atoms with Gasteiger partial charge in [-0.1, -0.05) is 42.5 Å². The Morgan fingerprint density at radius 1 is 1.00 bits per heavy atom. The quantitative estimate of drug-likeness (QED) is 0.585. The molecule has 0 radical (unpaired) electrons. The lowest BCUT2D eigenvalue weighted by Crippen LogP contribution is -2.18. The van der Waals surface area contributed by atoms with Crippen molar-refractivity contribution in [3.63, 3.8) is 0 Å². The molecule has 120 valence electrons. The summed E-state index contributed by atoms with van der Waals surface area (Å²) in [6.07, 6.45) is 1.65. The fourth-order valence-electron chi connectivity index (χ4n) is 2.63. The number of hydrazone groups is 1. The highest BCUT2D eigenvalue weighted by atomic mass is 16.5. The normalized spacial score (nSPS) is 10.9. The van der Waals surface area contributed by atoms with E-state index in [2.05, 4.69) is 10.5 Å². The average Bonchev–Trinajstić information content (AvgIpc) is 2.62. The van der Waals surface area contributed by atoms with Gasteiger partial charge in [-0.05, 0) is 36.1 Å². The van der Waals surface area contributed by atoms with Crippen LogP contribution in [0, 0.1) is 6.92 Å². The van der Waals surface area contributed by atoms with E-state index in [1.165, 1.54) is 0 Å². The van der Waals surface area contributed by atoms with Crippen LogP contribution >= 0.6 is 0 Å². The Labute approximate surface area is 140 Å². The van der Waals surface area contributed by atoms with Crippen molar-refractivity contribution in [1.82, 2.24) is 5.43 Å². The molecule has 0 spiro atoms. The van der Waals surface area contributed by atoms with Gasteiger partial charge in [-0.25, -0.2) is 5.43 Å². The molecule has 0 heterocycles. The van der Waals surface area contributed by atoms with Crippen molar-refractivity contribution >= 4 is 22.9 Å². The summed E-state index contributed by atoms with van der Waals surface area (Å²) in [5.74, 6) is 0.592. The van der Waals surface area contributed by atoms with Crippen LogP contribution in [-0.2, 0) is 0 Å². The molecule has 3 aromatic rings. The van der Waals surface area contributed by atoms with Crippen molar-refractivity contribution in [1.29, 1.82) is 0 Å². The van der Waals surface area contributed by atoms with E-state index in [1.807, 2.05) is 61.5 Å². The van der Waals surface area contributed by atoms with Crippen LogP contribution in [0.5, 0.6) is 5.75 Å². The minimum absolute atomic E-state index is 0.220. The number of benzene rings is 3. The van der Waals surface area contributed by atoms with Crippen LogP contribution in [0.25, 0.3) is 10.8 Å². The molecular weight excluding hydrogens is 300 g/mol. The topological polar surface area (TPSA) is 50.7 Å². The molecule has 4 heteroatoms. The largest absolute Gasteiger partial charge is 0.496 e. The minimum atomic E-state index is -0.220. The number of rotatable bonds is 4. The summed E-state index contributed by atoms with van der Waals surface area (Å²) >= 11 is 0. The van der Waals surface area contributed by atoms with Gasteiger partial charge in [-0.3, -0.25) is 4.79 Å². The number of carbonyl (C=O) groups is 1. The lowest BCUT2D eigenvalue weighted by atomic mass is 10.0. The standard InChI is InChI=1S/C20H18N2O2/c1-14-7-3-4-8-16(14)20(23)22-21-13-15-11-12-19(24-2)18-10-6-5-9-17(15)18/h3-13H,1-2H3,(H,22,23)/b21-13+. The molecule has 0 unspecified atom stereocenters. The number of fused-ring (bicyclic) bond motifs is 1. The Morgan fingerprint density at radius 3 is 2.46 bits per heavy atom. The van der Waals surface area contributed by atoms with Gasteiger partial charge < -0.3 is 4.74 Å². The molecule has 0 bridgehead atoms. The molecule has 1 amide bonds. The molecule has 0 saturated heterocycles. The van der Waals surface area contributed by atoms with Crippen molar-refractivity contribution in [2.24, 2.45) is 5.10 Å². The molecular formula is C20H18N2O2. The van der Waals surface area contributed by atoms with Gasteiger partial charge in [0.25, 0.3) is 5.91 Å². The summed E-state index contributed by atoms with van der Waals surface area (Å²) in [7, 11) is 1.65. The van der Waals surface area contributed by atoms with E-state index < -0.39 is 0 Å². The number of hydrogen-bond donors (Lipinski definition) is 1. The highest BCUT2D eigenvalue weighted by Gasteiger charge is 2.07. The molecule has 1 N–H and O–H groups in total. The zero-order valence-electron chi connectivity index (χ0n) is 13.6. The van der Waals surface area contributed by atoms with E-state index in [0.29, 0.717) is 5.56 Å². The number of carbonyl (C=O) groups excluding carboxylic acids is 1. The lowest BCUT2D eigenvalue weighted by Gasteiger charge is -2.07. The summed E-state index contributed by atoms with van der Waals surface area (Å²) in [6, 6.07) is 19.2. The van der Waals surface area contributed by atoms with Crippen LogP contribution in [-0.4, -0.2) is 19.2 Å². The molecule has 0 fully saturated rings. The monoisotopic (exact) mass is 318 g/mol. The fraction of sp³-hybridized carbons (Fsp3) is 0.100. The molecule has 0 aliphatic rings. The third-order valence-electron chi connectivity index (χ3n) is 3.90. The summed E-state index contributed by atoms with van der Waals surface area (Å²) in [5.41, 5.74) is 5.03. The number of amides is 1. The zero-order valence-corrected chi connectivity index (χ0v) is 13.6. The van der Waals surface area contributed by atoms with Gasteiger partial charge in [0.05, 0.1) is 13.3 Å². The van der Waals surface area contributed by atoms with Gasteiger partial charge in [0.15, 0.2) is 0 Å². The number of nitrogens with zero attached hydrogens (tertiary/aromatic N) is 1. The van der Waals surface area contributed by atoms with Gasteiger partial charge >= 0.3 is 0 Å². The van der Waals surface area contributed by atoms with E-state index >= 15 is 0 Å². The molecule has 0 saturated carbocycles. The Balaban J connectivity index is 1.84. The highest BCUT2D eigenvalue weighted by Crippen LogP contribution is 2.27. The van der Waals surface area contributed by atoms with Crippen molar-refractivity contribution in [3.05, 3.63) is 77.4 Å². The van der Waals surface area contributed by atoms with Crippen LogP contribution in [0.4, 0.5) is 0 Å². The maximum Gasteiger partial charge on any atom is 0.271 e. The number of aryl methyl sites for hydroxylation is 1. The maximum absolute atomic E-state index is 12.2. The van der Waals surface area contributed by atoms with E-state index in [1.54, 1.807) is 19.4 Å². The van der Waals surface area contributed by atoms with Crippen molar-refractivity contribution in [2.45, 2.75) is 6.92 Å². The Hall–Kier alpha value is -3.14. The van der Waals surface area contributed by atoms with Crippen LogP contribution in [0.1, 0.15) is 21.5 Å². The van der Waals surface area contributed by atoms with Crippen LogP contribution < -0.4 is 10.2 Å². The summed E-state index contributed by atoms with van der Waals surface area (Å²) < 4.78 is 5.38. The second-order valence-electron chi connectivity index (χ2n) is 5.42. The Kier molecular flexibility index (Phi) is 4.57. The molecule has 24 heavy (non-hydrogen) atoms. The van der Waals surface area contributed by atoms with Crippen LogP contribution in [0.2, 0.25) is 0 Å². The van der Waals surface area contributed by atoms with Gasteiger partial charge in [0.2, 0.25) is 0 Å². The molecule has 0 aliphatic heterocycles. The molecule has 0 atom stereocenters. The first-order valence-electron chi connectivity index (χ1n) is 7.65. The van der Waals surface area contributed by atoms with Gasteiger partial charge in [0, 0.05) is 16.5 Å². The molecule has 0 aromatic heterocycles. The number of nitrogens with one attached hydrogen (secondary N) is 1. The lowest BCUT2D eigenvalue weighted by molar-refractivity contribution is 0.0954. The molecule has 0 aliphatic carbocycles. The van der Waals surface area contributed by atoms with Crippen molar-refractivity contribution in [2.75, 3.05) is 7.11 Å². The third-order valence-corrected chi connectivity index (χ3v) is 3.90. The van der Waals surface area contributed by atoms with Crippen molar-refractivity contribution in [3.8, 4) is 5.75 Å². The van der Waals surface area contributed by atoms with Gasteiger partial charge in [-0.15, -0.1) is 0 Å². The first-order chi connectivity index (χ1) is 11.7. The van der Waals surface area contributed by atoms with E-state index in [0.717, 1.165) is 27.6 Å². The number of methoxy groups -OCH3 is 1. The predicted molar refractivity (Wildman–Crippen MR) is 96.7 cm³/mol. The number of ether oxygens (including phenoxy) is 1. The van der Waals surface area contributed by atoms with E-state index in [-0.39, 0.29) is 5.91 Å². The first kappa shape index (κ1) is 15.7.